The van der Waals surface area contributed by atoms with Crippen molar-refractivity contribution in [1.82, 2.24) is 0 Å². The number of rotatable bonds is 16. The van der Waals surface area contributed by atoms with E-state index in [-0.39, 0.29) is 6.10 Å². The lowest BCUT2D eigenvalue weighted by Gasteiger charge is -2.47. The van der Waals surface area contributed by atoms with E-state index in [1.54, 1.807) is 11.8 Å². The van der Waals surface area contributed by atoms with Crippen molar-refractivity contribution in [2.45, 2.75) is 100 Å². The second-order valence-corrected chi connectivity index (χ2v) is 9.39. The third-order valence-electron chi connectivity index (χ3n) is 5.52. The Labute approximate surface area is 198 Å². The van der Waals surface area contributed by atoms with E-state index in [1.165, 1.54) is 0 Å². The quantitative estimate of drug-likeness (QED) is 0.347. The minimum atomic E-state index is -1.06. The van der Waals surface area contributed by atoms with Crippen LogP contribution in [-0.4, -0.2) is 72.6 Å². The van der Waals surface area contributed by atoms with E-state index in [2.05, 4.69) is 20.8 Å². The van der Waals surface area contributed by atoms with Gasteiger partial charge in [-0.05, 0) is 31.4 Å². The number of hydrogen-bond acceptors (Lipinski definition) is 7. The smallest absolute Gasteiger partial charge is 0.137 e. The molecule has 2 N–H and O–H groups in total. The van der Waals surface area contributed by atoms with Gasteiger partial charge in [-0.3, -0.25) is 0 Å². The summed E-state index contributed by atoms with van der Waals surface area (Å²) in [4.78, 5) is 1.05. The Morgan fingerprint density at radius 2 is 1.38 bits per heavy atom. The molecule has 1 saturated heterocycles. The second kappa shape index (κ2) is 16.0. The van der Waals surface area contributed by atoms with Crippen molar-refractivity contribution in [2.75, 3.05) is 26.4 Å². The molecule has 0 saturated carbocycles. The van der Waals surface area contributed by atoms with Crippen LogP contribution in [0.15, 0.2) is 35.2 Å². The molecule has 1 aliphatic heterocycles. The fraction of sp³-hybridized carbons (Fsp3) is 0.760. The molecule has 32 heavy (non-hydrogen) atoms. The van der Waals surface area contributed by atoms with E-state index in [0.717, 1.165) is 43.4 Å². The summed E-state index contributed by atoms with van der Waals surface area (Å²) in [6.45, 7) is 7.72. The van der Waals surface area contributed by atoms with Crippen LogP contribution in [0.4, 0.5) is 0 Å². The number of hydrogen-bond donors (Lipinski definition) is 2. The van der Waals surface area contributed by atoms with Gasteiger partial charge in [0.15, 0.2) is 0 Å². The van der Waals surface area contributed by atoms with Crippen LogP contribution in [0.1, 0.15) is 59.3 Å². The monoisotopic (exact) mass is 470 g/mol. The highest BCUT2D eigenvalue weighted by Crippen LogP contribution is 2.38. The van der Waals surface area contributed by atoms with Crippen LogP contribution in [0.2, 0.25) is 0 Å². The first-order chi connectivity index (χ1) is 15.7. The summed E-state index contributed by atoms with van der Waals surface area (Å²) in [5, 5.41) is 20.4. The van der Waals surface area contributed by atoms with Gasteiger partial charge in [0.2, 0.25) is 0 Å². The van der Waals surface area contributed by atoms with Gasteiger partial charge < -0.3 is 29.2 Å². The molecule has 1 aromatic rings. The van der Waals surface area contributed by atoms with Crippen LogP contribution in [0.3, 0.4) is 0 Å². The number of aliphatic hydroxyl groups is 2. The van der Waals surface area contributed by atoms with Crippen molar-refractivity contribution < 1.29 is 29.2 Å². The van der Waals surface area contributed by atoms with Gasteiger partial charge in [-0.25, -0.2) is 0 Å². The van der Waals surface area contributed by atoms with Gasteiger partial charge in [-0.1, -0.05) is 70.0 Å². The Hall–Kier alpha value is -0.670. The molecule has 0 spiro atoms. The van der Waals surface area contributed by atoms with Crippen molar-refractivity contribution >= 4 is 11.8 Å². The van der Waals surface area contributed by atoms with E-state index in [1.807, 2.05) is 30.3 Å². The lowest BCUT2D eigenvalue weighted by Crippen LogP contribution is -2.62. The fourth-order valence-electron chi connectivity index (χ4n) is 3.62. The van der Waals surface area contributed by atoms with Crippen LogP contribution < -0.4 is 0 Å². The van der Waals surface area contributed by atoms with Crippen LogP contribution in [0.25, 0.3) is 0 Å². The van der Waals surface area contributed by atoms with Crippen LogP contribution in [-0.2, 0) is 18.9 Å². The molecule has 7 heteroatoms. The topological polar surface area (TPSA) is 77.4 Å². The summed E-state index contributed by atoms with van der Waals surface area (Å²) < 4.78 is 25.3. The van der Waals surface area contributed by atoms with Crippen molar-refractivity contribution in [3.05, 3.63) is 30.3 Å². The summed E-state index contributed by atoms with van der Waals surface area (Å²) in [5.41, 5.74) is -0.391. The molecule has 0 radical (unpaired) electrons. The molecule has 0 bridgehead atoms. The van der Waals surface area contributed by atoms with E-state index in [9.17, 15) is 10.2 Å². The lowest BCUT2D eigenvalue weighted by molar-refractivity contribution is -0.258. The summed E-state index contributed by atoms with van der Waals surface area (Å²) in [6, 6.07) is 10.0. The average Bonchev–Trinajstić information content (AvgIpc) is 2.81. The van der Waals surface area contributed by atoms with Gasteiger partial charge in [0.05, 0.1) is 6.61 Å². The summed E-state index contributed by atoms with van der Waals surface area (Å²) >= 11 is 1.56. The normalized spacial score (nSPS) is 26.8. The Balaban J connectivity index is 2.32. The Morgan fingerprint density at radius 3 is 1.91 bits per heavy atom. The number of thioether (sulfide) groups is 1. The zero-order chi connectivity index (χ0) is 23.2. The predicted molar refractivity (Wildman–Crippen MR) is 128 cm³/mol. The van der Waals surface area contributed by atoms with Crippen LogP contribution in [0.5, 0.6) is 0 Å². The number of ether oxygens (including phenoxy) is 4. The molecule has 0 amide bonds. The zero-order valence-corrected chi connectivity index (χ0v) is 20.7. The number of aliphatic hydroxyl groups excluding tert-OH is 2. The van der Waals surface area contributed by atoms with Gasteiger partial charge >= 0.3 is 0 Å². The van der Waals surface area contributed by atoms with E-state index < -0.39 is 36.5 Å². The molecule has 6 nitrogen and oxygen atoms in total. The predicted octanol–water partition coefficient (Wildman–Crippen LogP) is 4.41. The highest BCUT2D eigenvalue weighted by molar-refractivity contribution is 7.99. The third kappa shape index (κ3) is 8.60. The van der Waals surface area contributed by atoms with Gasteiger partial charge in [-0.2, -0.15) is 0 Å². The molecular formula is C25H42O6S. The van der Waals surface area contributed by atoms with Crippen molar-refractivity contribution in [3.63, 3.8) is 0 Å². The molecule has 1 heterocycles. The van der Waals surface area contributed by atoms with Crippen molar-refractivity contribution in [2.24, 2.45) is 0 Å². The molecule has 0 aliphatic carbocycles. The molecule has 6 atom stereocenters. The number of unbranched alkanes of at least 4 members (excludes halogenated alkanes) is 3. The lowest BCUT2D eigenvalue weighted by atomic mass is 9.95. The van der Waals surface area contributed by atoms with Crippen molar-refractivity contribution in [1.29, 1.82) is 0 Å². The summed E-state index contributed by atoms with van der Waals surface area (Å²) in [7, 11) is 0. The SMILES string of the molecule is CCCCOC1[C@H](OCCCC)C([C@H](O)CO)O[C@H](Sc2ccccc2)[C@@H]1OCCCC. The zero-order valence-electron chi connectivity index (χ0n) is 19.9. The minimum Gasteiger partial charge on any atom is -0.394 e. The average molecular weight is 471 g/mol. The Morgan fingerprint density at radius 1 is 0.844 bits per heavy atom. The Bertz CT molecular complexity index is 589. The molecule has 1 aliphatic rings. The van der Waals surface area contributed by atoms with E-state index in [0.29, 0.717) is 19.8 Å². The second-order valence-electron chi connectivity index (χ2n) is 8.22. The summed E-state index contributed by atoms with van der Waals surface area (Å²) in [6.07, 6.45) is 2.84. The first-order valence-corrected chi connectivity index (χ1v) is 13.0. The first kappa shape index (κ1) is 27.6. The maximum atomic E-state index is 10.6. The standard InChI is InChI=1S/C25H42O6S/c1-4-7-15-28-22-21(20(27)18-26)31-25(32-19-13-11-10-12-14-19)24(30-17-9-6-3)23(22)29-16-8-5-2/h10-14,20-27H,4-9,15-18H2,1-3H3/t20-,21?,22-,23?,24-,25-/m1/s1. The first-order valence-electron chi connectivity index (χ1n) is 12.2. The largest absolute Gasteiger partial charge is 0.394 e. The third-order valence-corrected chi connectivity index (χ3v) is 6.67. The summed E-state index contributed by atoms with van der Waals surface area (Å²) in [5.74, 6) is 0. The van der Waals surface area contributed by atoms with Crippen LogP contribution >= 0.6 is 11.8 Å². The Kier molecular flexibility index (Phi) is 13.8. The molecular weight excluding hydrogens is 428 g/mol. The molecule has 1 fully saturated rings. The fourth-order valence-corrected chi connectivity index (χ4v) is 4.76. The maximum absolute atomic E-state index is 10.6. The van der Waals surface area contributed by atoms with Crippen molar-refractivity contribution in [3.8, 4) is 0 Å². The maximum Gasteiger partial charge on any atom is 0.137 e. The van der Waals surface area contributed by atoms with Crippen LogP contribution in [0, 0.1) is 0 Å². The highest BCUT2D eigenvalue weighted by Gasteiger charge is 2.50. The van der Waals surface area contributed by atoms with E-state index >= 15 is 0 Å². The van der Waals surface area contributed by atoms with E-state index in [4.69, 9.17) is 18.9 Å². The van der Waals surface area contributed by atoms with Gasteiger partial charge in [0, 0.05) is 24.7 Å². The molecule has 184 valence electrons. The highest BCUT2D eigenvalue weighted by atomic mass is 32.2. The van der Waals surface area contributed by atoms with Gasteiger partial charge in [0.1, 0.15) is 36.0 Å². The minimum absolute atomic E-state index is 0.350. The molecule has 1 aromatic carbocycles. The van der Waals surface area contributed by atoms with Gasteiger partial charge in [0.25, 0.3) is 0 Å². The molecule has 0 aromatic heterocycles. The molecule has 2 rings (SSSR count). The number of benzene rings is 1. The molecule has 2 unspecified atom stereocenters. The van der Waals surface area contributed by atoms with Gasteiger partial charge in [-0.15, -0.1) is 0 Å².